The number of hydrogen-bond donors (Lipinski definition) is 0. The van der Waals surface area contributed by atoms with Crippen LogP contribution >= 0.6 is 23.5 Å². The lowest BCUT2D eigenvalue weighted by molar-refractivity contribution is 0.0363. The molecule has 0 amide bonds. The number of thioether (sulfide) groups is 2. The molecule has 0 aliphatic carbocycles. The summed E-state index contributed by atoms with van der Waals surface area (Å²) >= 11 is 3.12. The smallest absolute Gasteiger partial charge is 0.420 e. The topological polar surface area (TPSA) is 35.5 Å². The van der Waals surface area contributed by atoms with Gasteiger partial charge in [0.15, 0.2) is 10.9 Å². The molecule has 0 fully saturated rings. The molecule has 0 saturated heterocycles. The first-order valence-electron chi connectivity index (χ1n) is 6.60. The molecule has 0 N–H and O–H groups in total. The zero-order valence-corrected chi connectivity index (χ0v) is 13.6. The van der Waals surface area contributed by atoms with Gasteiger partial charge in [-0.15, -0.1) is 23.5 Å². The standard InChI is InChI=1S/C13H26O3S2/c1-5-7-9-11(17-3)15-13(14)16-12(18-4)10-8-6-2/h11-12H,5-10H2,1-4H3. The lowest BCUT2D eigenvalue weighted by Crippen LogP contribution is -2.20. The summed E-state index contributed by atoms with van der Waals surface area (Å²) in [5.41, 5.74) is -0.155. The average Bonchev–Trinajstić information content (AvgIpc) is 2.39. The van der Waals surface area contributed by atoms with E-state index in [-0.39, 0.29) is 10.9 Å². The Bertz CT molecular complexity index is 192. The Balaban J connectivity index is 3.96. The minimum Gasteiger partial charge on any atom is -0.420 e. The molecule has 0 aromatic carbocycles. The number of ether oxygens (including phenoxy) is 2. The van der Waals surface area contributed by atoms with Gasteiger partial charge in [0.25, 0.3) is 0 Å². The molecule has 0 rings (SSSR count). The van der Waals surface area contributed by atoms with E-state index < -0.39 is 6.16 Å². The van der Waals surface area contributed by atoms with Crippen molar-refractivity contribution in [2.75, 3.05) is 12.5 Å². The van der Waals surface area contributed by atoms with Gasteiger partial charge in [-0.2, -0.15) is 0 Å². The normalized spacial score (nSPS) is 14.0. The number of hydrogen-bond acceptors (Lipinski definition) is 5. The third kappa shape index (κ3) is 8.97. The Hall–Kier alpha value is -0.0300. The first kappa shape index (κ1) is 18.0. The Labute approximate surface area is 120 Å². The van der Waals surface area contributed by atoms with E-state index >= 15 is 0 Å². The van der Waals surface area contributed by atoms with Crippen LogP contribution in [0.3, 0.4) is 0 Å². The van der Waals surface area contributed by atoms with Gasteiger partial charge in [-0.25, -0.2) is 4.79 Å². The number of rotatable bonds is 10. The molecule has 18 heavy (non-hydrogen) atoms. The van der Waals surface area contributed by atoms with Crippen molar-refractivity contribution in [1.29, 1.82) is 0 Å². The van der Waals surface area contributed by atoms with Gasteiger partial charge in [0, 0.05) is 0 Å². The zero-order valence-electron chi connectivity index (χ0n) is 11.9. The molecular weight excluding hydrogens is 268 g/mol. The molecule has 0 aromatic rings. The monoisotopic (exact) mass is 294 g/mol. The fourth-order valence-electron chi connectivity index (χ4n) is 1.43. The van der Waals surface area contributed by atoms with Crippen LogP contribution < -0.4 is 0 Å². The summed E-state index contributed by atoms with van der Waals surface area (Å²) in [4.78, 5) is 11.6. The SMILES string of the molecule is CCCCC(OC(=O)OC(CCCC)SC)SC. The van der Waals surface area contributed by atoms with Crippen LogP contribution in [-0.4, -0.2) is 29.5 Å². The van der Waals surface area contributed by atoms with E-state index in [2.05, 4.69) is 13.8 Å². The predicted octanol–water partition coefficient (Wildman–Crippen LogP) is 4.90. The van der Waals surface area contributed by atoms with Crippen molar-refractivity contribution < 1.29 is 14.3 Å². The van der Waals surface area contributed by atoms with Crippen molar-refractivity contribution in [3.8, 4) is 0 Å². The van der Waals surface area contributed by atoms with Crippen molar-refractivity contribution in [2.45, 2.75) is 63.2 Å². The summed E-state index contributed by atoms with van der Waals surface area (Å²) in [6.07, 6.45) is 9.53. The van der Waals surface area contributed by atoms with Crippen LogP contribution in [0.25, 0.3) is 0 Å². The Morgan fingerprint density at radius 3 is 1.61 bits per heavy atom. The van der Waals surface area contributed by atoms with Gasteiger partial charge in [0.2, 0.25) is 0 Å². The van der Waals surface area contributed by atoms with E-state index in [1.54, 1.807) is 23.5 Å². The second-order valence-corrected chi connectivity index (χ2v) is 6.10. The first-order valence-corrected chi connectivity index (χ1v) is 9.18. The van der Waals surface area contributed by atoms with Gasteiger partial charge < -0.3 is 9.47 Å². The van der Waals surface area contributed by atoms with E-state index in [1.807, 2.05) is 12.5 Å². The highest BCUT2D eigenvalue weighted by Crippen LogP contribution is 2.20. The van der Waals surface area contributed by atoms with Crippen LogP contribution in [0.15, 0.2) is 0 Å². The molecule has 0 aliphatic heterocycles. The van der Waals surface area contributed by atoms with E-state index in [1.165, 1.54) is 0 Å². The molecule has 5 heteroatoms. The molecule has 3 nitrogen and oxygen atoms in total. The van der Waals surface area contributed by atoms with Gasteiger partial charge in [-0.1, -0.05) is 26.7 Å². The predicted molar refractivity (Wildman–Crippen MR) is 81.2 cm³/mol. The second kappa shape index (κ2) is 12.0. The molecule has 0 aliphatic rings. The van der Waals surface area contributed by atoms with E-state index in [0.29, 0.717) is 0 Å². The molecule has 2 unspecified atom stereocenters. The molecule has 0 spiro atoms. The van der Waals surface area contributed by atoms with Crippen molar-refractivity contribution in [1.82, 2.24) is 0 Å². The van der Waals surface area contributed by atoms with Crippen LogP contribution in [0.1, 0.15) is 52.4 Å². The maximum atomic E-state index is 11.6. The van der Waals surface area contributed by atoms with Crippen LogP contribution in [0, 0.1) is 0 Å². The summed E-state index contributed by atoms with van der Waals surface area (Å²) in [6, 6.07) is 0. The quantitative estimate of drug-likeness (QED) is 0.423. The summed E-state index contributed by atoms with van der Waals surface area (Å²) in [5.74, 6) is 0. The fraction of sp³-hybridized carbons (Fsp3) is 0.923. The molecule has 2 atom stereocenters. The highest BCUT2D eigenvalue weighted by atomic mass is 32.2. The second-order valence-electron chi connectivity index (χ2n) is 4.10. The molecule has 108 valence electrons. The molecular formula is C13H26O3S2. The highest BCUT2D eigenvalue weighted by molar-refractivity contribution is 7.99. The summed E-state index contributed by atoms with van der Waals surface area (Å²) in [6.45, 7) is 4.26. The maximum Gasteiger partial charge on any atom is 0.510 e. The summed E-state index contributed by atoms with van der Waals surface area (Å²) in [7, 11) is 0. The summed E-state index contributed by atoms with van der Waals surface area (Å²) in [5, 5.41) is 0. The van der Waals surface area contributed by atoms with Gasteiger partial charge in [0.1, 0.15) is 0 Å². The Kier molecular flexibility index (Phi) is 12.0. The average molecular weight is 294 g/mol. The number of carbonyl (C=O) groups is 1. The Morgan fingerprint density at radius 1 is 0.944 bits per heavy atom. The van der Waals surface area contributed by atoms with Crippen LogP contribution in [-0.2, 0) is 9.47 Å². The van der Waals surface area contributed by atoms with Crippen LogP contribution in [0.2, 0.25) is 0 Å². The number of unbranched alkanes of at least 4 members (excludes halogenated alkanes) is 2. The van der Waals surface area contributed by atoms with Gasteiger partial charge in [0.05, 0.1) is 0 Å². The first-order chi connectivity index (χ1) is 8.67. The number of carbonyl (C=O) groups excluding carboxylic acids is 1. The molecule has 0 heterocycles. The lowest BCUT2D eigenvalue weighted by atomic mass is 10.3. The molecule has 0 saturated carbocycles. The fourth-order valence-corrected chi connectivity index (χ4v) is 2.59. The maximum absolute atomic E-state index is 11.6. The minimum atomic E-state index is -0.527. The molecule has 0 radical (unpaired) electrons. The third-order valence-electron chi connectivity index (χ3n) is 2.57. The van der Waals surface area contributed by atoms with Gasteiger partial charge in [-0.05, 0) is 38.2 Å². The van der Waals surface area contributed by atoms with Crippen LogP contribution in [0.5, 0.6) is 0 Å². The lowest BCUT2D eigenvalue weighted by Gasteiger charge is -2.18. The van der Waals surface area contributed by atoms with Crippen molar-refractivity contribution in [2.24, 2.45) is 0 Å². The third-order valence-corrected chi connectivity index (χ3v) is 4.28. The van der Waals surface area contributed by atoms with Crippen LogP contribution in [0.4, 0.5) is 4.79 Å². The van der Waals surface area contributed by atoms with Crippen molar-refractivity contribution in [3.63, 3.8) is 0 Å². The highest BCUT2D eigenvalue weighted by Gasteiger charge is 2.18. The van der Waals surface area contributed by atoms with Gasteiger partial charge >= 0.3 is 6.16 Å². The van der Waals surface area contributed by atoms with Gasteiger partial charge in [-0.3, -0.25) is 0 Å². The Morgan fingerprint density at radius 2 is 1.33 bits per heavy atom. The molecule has 0 bridgehead atoms. The van der Waals surface area contributed by atoms with E-state index in [9.17, 15) is 4.79 Å². The van der Waals surface area contributed by atoms with Crippen molar-refractivity contribution in [3.05, 3.63) is 0 Å². The molecule has 0 aromatic heterocycles. The largest absolute Gasteiger partial charge is 0.510 e. The minimum absolute atomic E-state index is 0.0777. The van der Waals surface area contributed by atoms with Crippen molar-refractivity contribution >= 4 is 29.7 Å². The van der Waals surface area contributed by atoms with E-state index in [0.717, 1.165) is 38.5 Å². The summed E-state index contributed by atoms with van der Waals surface area (Å²) < 4.78 is 10.6. The van der Waals surface area contributed by atoms with E-state index in [4.69, 9.17) is 9.47 Å². The zero-order chi connectivity index (χ0) is 13.8.